The van der Waals surface area contributed by atoms with Crippen molar-refractivity contribution in [3.05, 3.63) is 23.8 Å². The van der Waals surface area contributed by atoms with Crippen LogP contribution in [0, 0.1) is 0 Å². The van der Waals surface area contributed by atoms with Gasteiger partial charge in [-0.2, -0.15) is 11.8 Å². The minimum atomic E-state index is -0.722. The molecule has 7 heteroatoms. The third kappa shape index (κ3) is 6.32. The smallest absolute Gasteiger partial charge is 0.191 e. The number of nitrogens with zero attached hydrogens (tertiary/aromatic N) is 1. The normalized spacial score (nSPS) is 18.7. The molecule has 2 rings (SSSR count). The molecule has 0 bridgehead atoms. The summed E-state index contributed by atoms with van der Waals surface area (Å²) in [5.74, 6) is 3.29. The van der Waals surface area contributed by atoms with Gasteiger partial charge >= 0.3 is 0 Å². The summed E-state index contributed by atoms with van der Waals surface area (Å²) in [6.45, 7) is 3.99. The summed E-state index contributed by atoms with van der Waals surface area (Å²) in [4.78, 5) is 4.52. The molecule has 140 valence electrons. The number of benzene rings is 1. The summed E-state index contributed by atoms with van der Waals surface area (Å²) in [5, 5.41) is 17.7. The second-order valence-electron chi connectivity index (χ2n) is 5.90. The number of thioether (sulfide) groups is 1. The van der Waals surface area contributed by atoms with Crippen molar-refractivity contribution in [2.45, 2.75) is 31.1 Å². The Balaban J connectivity index is 1.97. The number of hydrogen-bond donors (Lipinski definition) is 3. The third-order valence-electron chi connectivity index (χ3n) is 4.05. The topological polar surface area (TPSA) is 75.1 Å². The van der Waals surface area contributed by atoms with E-state index < -0.39 is 6.10 Å². The van der Waals surface area contributed by atoms with E-state index in [9.17, 15) is 5.11 Å². The van der Waals surface area contributed by atoms with Gasteiger partial charge in [0.1, 0.15) is 11.5 Å². The van der Waals surface area contributed by atoms with Crippen LogP contribution in [-0.2, 0) is 0 Å². The van der Waals surface area contributed by atoms with Crippen LogP contribution in [0.1, 0.15) is 31.4 Å². The van der Waals surface area contributed by atoms with E-state index in [1.54, 1.807) is 32.4 Å². The summed E-state index contributed by atoms with van der Waals surface area (Å²) < 4.78 is 10.5. The van der Waals surface area contributed by atoms with E-state index in [0.29, 0.717) is 16.7 Å². The minimum absolute atomic E-state index is 0.267. The summed E-state index contributed by atoms with van der Waals surface area (Å²) in [7, 11) is 3.19. The molecule has 2 unspecified atom stereocenters. The van der Waals surface area contributed by atoms with Crippen LogP contribution in [0.3, 0.4) is 0 Å². The Kier molecular flexibility index (Phi) is 8.21. The lowest BCUT2D eigenvalue weighted by molar-refractivity contribution is 0.186. The van der Waals surface area contributed by atoms with E-state index in [1.807, 2.05) is 18.7 Å². The van der Waals surface area contributed by atoms with Crippen LogP contribution >= 0.6 is 11.8 Å². The Hall–Kier alpha value is -1.60. The molecule has 2 atom stereocenters. The Morgan fingerprint density at radius 3 is 2.56 bits per heavy atom. The molecule has 0 saturated carbocycles. The fraction of sp³-hybridized carbons (Fsp3) is 0.611. The van der Waals surface area contributed by atoms with Gasteiger partial charge in [0, 0.05) is 24.4 Å². The first-order chi connectivity index (χ1) is 12.2. The number of methoxy groups -OCH3 is 2. The number of aliphatic imine (C=N–C) groups is 1. The number of guanidine groups is 1. The van der Waals surface area contributed by atoms with E-state index in [1.165, 1.54) is 18.6 Å². The van der Waals surface area contributed by atoms with Gasteiger partial charge < -0.3 is 25.2 Å². The number of aliphatic hydroxyl groups is 1. The molecule has 0 radical (unpaired) electrons. The average molecular weight is 368 g/mol. The highest BCUT2D eigenvalue weighted by atomic mass is 32.2. The Morgan fingerprint density at radius 2 is 2.00 bits per heavy atom. The number of rotatable bonds is 8. The molecule has 1 aliphatic rings. The van der Waals surface area contributed by atoms with Crippen LogP contribution in [-0.4, -0.2) is 55.9 Å². The van der Waals surface area contributed by atoms with Gasteiger partial charge in [-0.1, -0.05) is 0 Å². The van der Waals surface area contributed by atoms with Crippen molar-refractivity contribution < 1.29 is 14.6 Å². The monoisotopic (exact) mass is 367 g/mol. The van der Waals surface area contributed by atoms with E-state index >= 15 is 0 Å². The fourth-order valence-electron chi connectivity index (χ4n) is 2.66. The number of hydrogen-bond acceptors (Lipinski definition) is 5. The van der Waals surface area contributed by atoms with Crippen molar-refractivity contribution in [1.82, 2.24) is 10.6 Å². The highest BCUT2D eigenvalue weighted by Gasteiger charge is 2.16. The second kappa shape index (κ2) is 10.4. The fourth-order valence-corrected chi connectivity index (χ4v) is 3.86. The van der Waals surface area contributed by atoms with Crippen molar-refractivity contribution in [1.29, 1.82) is 0 Å². The number of aliphatic hydroxyl groups excluding tert-OH is 1. The molecule has 1 saturated heterocycles. The predicted octanol–water partition coefficient (Wildman–Crippen LogP) is 2.19. The first-order valence-corrected chi connectivity index (χ1v) is 9.76. The Bertz CT molecular complexity index is 540. The number of ether oxygens (including phenoxy) is 2. The van der Waals surface area contributed by atoms with Crippen LogP contribution in [0.5, 0.6) is 11.5 Å². The average Bonchev–Trinajstić information content (AvgIpc) is 3.16. The summed E-state index contributed by atoms with van der Waals surface area (Å²) in [5.41, 5.74) is 0.724. The molecule has 0 aliphatic carbocycles. The van der Waals surface area contributed by atoms with Gasteiger partial charge in [0.25, 0.3) is 0 Å². The highest BCUT2D eigenvalue weighted by Crippen LogP contribution is 2.27. The van der Waals surface area contributed by atoms with Gasteiger partial charge in [0.15, 0.2) is 5.96 Å². The lowest BCUT2D eigenvalue weighted by Crippen LogP contribution is -2.40. The zero-order chi connectivity index (χ0) is 18.1. The zero-order valence-corrected chi connectivity index (χ0v) is 16.1. The summed E-state index contributed by atoms with van der Waals surface area (Å²) in [6, 6.07) is 5.39. The van der Waals surface area contributed by atoms with Gasteiger partial charge in [0.05, 0.1) is 26.9 Å². The minimum Gasteiger partial charge on any atom is -0.497 e. The van der Waals surface area contributed by atoms with Crippen molar-refractivity contribution in [2.75, 3.05) is 39.6 Å². The maximum absolute atomic E-state index is 10.5. The first kappa shape index (κ1) is 19.7. The third-order valence-corrected chi connectivity index (χ3v) is 5.44. The van der Waals surface area contributed by atoms with Gasteiger partial charge in [0.2, 0.25) is 0 Å². The standard InChI is InChI=1S/C18H29N3O3S/c1-4-19-18(20-11-16-6-5-7-25-16)21-12-17(22)13-8-14(23-2)10-15(9-13)24-3/h8-10,16-17,22H,4-7,11-12H2,1-3H3,(H2,19,20,21). The van der Waals surface area contributed by atoms with E-state index in [0.717, 1.165) is 24.6 Å². The SMILES string of the molecule is CCNC(=NCC(O)c1cc(OC)cc(OC)c1)NCC1CCCS1. The molecule has 3 N–H and O–H groups in total. The van der Waals surface area contributed by atoms with Gasteiger partial charge in [-0.25, -0.2) is 0 Å². The largest absolute Gasteiger partial charge is 0.497 e. The van der Waals surface area contributed by atoms with Crippen LogP contribution < -0.4 is 20.1 Å². The first-order valence-electron chi connectivity index (χ1n) is 8.71. The van der Waals surface area contributed by atoms with Gasteiger partial charge in [-0.15, -0.1) is 0 Å². The zero-order valence-electron chi connectivity index (χ0n) is 15.2. The lowest BCUT2D eigenvalue weighted by Gasteiger charge is -2.16. The molecule has 1 fully saturated rings. The molecule has 1 aromatic rings. The van der Waals surface area contributed by atoms with Crippen molar-refractivity contribution in [2.24, 2.45) is 4.99 Å². The van der Waals surface area contributed by atoms with E-state index in [4.69, 9.17) is 9.47 Å². The molecule has 1 heterocycles. The van der Waals surface area contributed by atoms with Crippen molar-refractivity contribution in [3.63, 3.8) is 0 Å². The molecule has 1 aliphatic heterocycles. The predicted molar refractivity (Wildman–Crippen MR) is 104 cm³/mol. The second-order valence-corrected chi connectivity index (χ2v) is 7.31. The van der Waals surface area contributed by atoms with Gasteiger partial charge in [-0.3, -0.25) is 4.99 Å². The van der Waals surface area contributed by atoms with Crippen molar-refractivity contribution >= 4 is 17.7 Å². The van der Waals surface area contributed by atoms with Crippen molar-refractivity contribution in [3.8, 4) is 11.5 Å². The highest BCUT2D eigenvalue weighted by molar-refractivity contribution is 8.00. The summed E-state index contributed by atoms with van der Waals surface area (Å²) >= 11 is 2.01. The molecule has 6 nitrogen and oxygen atoms in total. The molecule has 0 spiro atoms. The molecule has 1 aromatic carbocycles. The maximum Gasteiger partial charge on any atom is 0.191 e. The molecule has 0 amide bonds. The maximum atomic E-state index is 10.5. The number of nitrogens with one attached hydrogen (secondary N) is 2. The quantitative estimate of drug-likeness (QED) is 0.483. The van der Waals surface area contributed by atoms with Crippen LogP contribution in [0.4, 0.5) is 0 Å². The van der Waals surface area contributed by atoms with E-state index in [2.05, 4.69) is 15.6 Å². The van der Waals surface area contributed by atoms with Gasteiger partial charge in [-0.05, 0) is 43.2 Å². The molecular formula is C18H29N3O3S. The van der Waals surface area contributed by atoms with Crippen LogP contribution in [0.15, 0.2) is 23.2 Å². The molecular weight excluding hydrogens is 338 g/mol. The Morgan fingerprint density at radius 1 is 1.28 bits per heavy atom. The molecule has 25 heavy (non-hydrogen) atoms. The Labute approximate surface area is 154 Å². The van der Waals surface area contributed by atoms with Crippen LogP contribution in [0.2, 0.25) is 0 Å². The summed E-state index contributed by atoms with van der Waals surface area (Å²) in [6.07, 6.45) is 1.82. The van der Waals surface area contributed by atoms with E-state index in [-0.39, 0.29) is 6.54 Å². The van der Waals surface area contributed by atoms with Crippen LogP contribution in [0.25, 0.3) is 0 Å². The molecule has 0 aromatic heterocycles. The lowest BCUT2D eigenvalue weighted by atomic mass is 10.1.